The predicted octanol–water partition coefficient (Wildman–Crippen LogP) is 5.10. The van der Waals surface area contributed by atoms with Gasteiger partial charge in [0.05, 0.1) is 27.1 Å². The van der Waals surface area contributed by atoms with Crippen molar-refractivity contribution in [3.05, 3.63) is 70.9 Å². The van der Waals surface area contributed by atoms with Crippen LogP contribution in [0.15, 0.2) is 54.6 Å². The van der Waals surface area contributed by atoms with Crippen LogP contribution in [-0.2, 0) is 6.54 Å². The lowest BCUT2D eigenvalue weighted by molar-refractivity contribution is 0.0955. The van der Waals surface area contributed by atoms with E-state index in [4.69, 9.17) is 4.74 Å². The van der Waals surface area contributed by atoms with Crippen LogP contribution in [0.2, 0.25) is 0 Å². The number of nitrogens with zero attached hydrogens (tertiary/aromatic N) is 1. The first kappa shape index (κ1) is 17.6. The number of carbonyl (C=O) groups excluding carboxylic acids is 1. The van der Waals surface area contributed by atoms with Crippen LogP contribution >= 0.6 is 22.7 Å². The lowest BCUT2D eigenvalue weighted by Crippen LogP contribution is -2.21. The van der Waals surface area contributed by atoms with Gasteiger partial charge in [0.15, 0.2) is 11.6 Å². The van der Waals surface area contributed by atoms with Gasteiger partial charge in [-0.1, -0.05) is 18.2 Å². The minimum Gasteiger partial charge on any atom is -0.494 e. The molecule has 1 N–H and O–H groups in total. The van der Waals surface area contributed by atoms with Crippen LogP contribution in [0.25, 0.3) is 20.1 Å². The minimum absolute atomic E-state index is 0.184. The van der Waals surface area contributed by atoms with Crippen LogP contribution in [0, 0.1) is 5.82 Å². The highest BCUT2D eigenvalue weighted by molar-refractivity contribution is 7.26. The normalized spacial score (nSPS) is 10.9. The number of aromatic nitrogens is 1. The van der Waals surface area contributed by atoms with Gasteiger partial charge in [0.1, 0.15) is 5.01 Å². The summed E-state index contributed by atoms with van der Waals surface area (Å²) < 4.78 is 19.8. The average Bonchev–Trinajstić information content (AvgIpc) is 3.33. The van der Waals surface area contributed by atoms with Gasteiger partial charge in [0, 0.05) is 6.54 Å². The molecule has 4 nitrogen and oxygen atoms in total. The Morgan fingerprint density at radius 2 is 2.00 bits per heavy atom. The molecule has 0 saturated carbocycles. The van der Waals surface area contributed by atoms with Gasteiger partial charge in [-0.05, 0) is 42.0 Å². The molecule has 2 aromatic heterocycles. The van der Waals surface area contributed by atoms with Crippen LogP contribution in [0.3, 0.4) is 0 Å². The number of para-hydroxylation sites is 1. The minimum atomic E-state index is -0.446. The Kier molecular flexibility index (Phi) is 4.87. The Labute approximate surface area is 163 Å². The molecular formula is C20H15FN2O2S2. The number of benzene rings is 2. The van der Waals surface area contributed by atoms with Crippen molar-refractivity contribution < 1.29 is 13.9 Å². The molecule has 0 atom stereocenters. The molecule has 0 aliphatic carbocycles. The van der Waals surface area contributed by atoms with Crippen LogP contribution in [0.1, 0.15) is 15.2 Å². The van der Waals surface area contributed by atoms with Gasteiger partial charge in [-0.2, -0.15) is 0 Å². The molecule has 0 saturated heterocycles. The fourth-order valence-electron chi connectivity index (χ4n) is 2.64. The van der Waals surface area contributed by atoms with Gasteiger partial charge in [-0.25, -0.2) is 9.37 Å². The molecule has 0 radical (unpaired) electrons. The van der Waals surface area contributed by atoms with E-state index in [2.05, 4.69) is 10.3 Å². The van der Waals surface area contributed by atoms with E-state index in [1.54, 1.807) is 29.5 Å². The Bertz CT molecular complexity index is 1090. The Morgan fingerprint density at radius 1 is 1.15 bits per heavy atom. The topological polar surface area (TPSA) is 51.2 Å². The summed E-state index contributed by atoms with van der Waals surface area (Å²) in [5, 5.41) is 3.72. The molecule has 0 bridgehead atoms. The zero-order valence-electron chi connectivity index (χ0n) is 14.4. The molecule has 0 unspecified atom stereocenters. The largest absolute Gasteiger partial charge is 0.494 e. The predicted molar refractivity (Wildman–Crippen MR) is 107 cm³/mol. The number of hydrogen-bond acceptors (Lipinski definition) is 5. The van der Waals surface area contributed by atoms with Crippen LogP contribution in [0.4, 0.5) is 4.39 Å². The third-order valence-electron chi connectivity index (χ3n) is 4.00. The molecule has 4 aromatic rings. The van der Waals surface area contributed by atoms with Gasteiger partial charge >= 0.3 is 0 Å². The first-order valence-electron chi connectivity index (χ1n) is 8.20. The number of carbonyl (C=O) groups is 1. The molecule has 1 amide bonds. The first-order valence-corrected chi connectivity index (χ1v) is 9.84. The van der Waals surface area contributed by atoms with Crippen molar-refractivity contribution in [2.45, 2.75) is 6.54 Å². The zero-order valence-corrected chi connectivity index (χ0v) is 16.0. The molecule has 4 rings (SSSR count). The number of rotatable bonds is 5. The van der Waals surface area contributed by atoms with E-state index in [9.17, 15) is 9.18 Å². The maximum Gasteiger partial charge on any atom is 0.261 e. The second-order valence-corrected chi connectivity index (χ2v) is 7.92. The van der Waals surface area contributed by atoms with E-state index in [0.717, 1.165) is 20.1 Å². The second-order valence-electron chi connectivity index (χ2n) is 5.80. The Balaban J connectivity index is 1.46. The van der Waals surface area contributed by atoms with E-state index in [-0.39, 0.29) is 18.2 Å². The summed E-state index contributed by atoms with van der Waals surface area (Å²) in [7, 11) is 1.42. The van der Waals surface area contributed by atoms with E-state index in [1.165, 1.54) is 24.5 Å². The van der Waals surface area contributed by atoms with E-state index < -0.39 is 5.82 Å². The first-order chi connectivity index (χ1) is 13.1. The van der Waals surface area contributed by atoms with Gasteiger partial charge in [0.2, 0.25) is 0 Å². The molecule has 0 aliphatic heterocycles. The zero-order chi connectivity index (χ0) is 18.8. The number of nitrogens with one attached hydrogen (secondary N) is 1. The third-order valence-corrected chi connectivity index (χ3v) is 6.29. The summed E-state index contributed by atoms with van der Waals surface area (Å²) in [4.78, 5) is 18.6. The van der Waals surface area contributed by atoms with Crippen LogP contribution < -0.4 is 10.1 Å². The Morgan fingerprint density at radius 3 is 2.78 bits per heavy atom. The molecule has 27 heavy (non-hydrogen) atoms. The lowest BCUT2D eigenvalue weighted by atomic mass is 10.2. The molecular weight excluding hydrogens is 383 g/mol. The summed E-state index contributed by atoms with van der Waals surface area (Å²) in [5.74, 6) is -0.453. The lowest BCUT2D eigenvalue weighted by Gasteiger charge is -2.06. The van der Waals surface area contributed by atoms with E-state index in [0.29, 0.717) is 10.4 Å². The van der Waals surface area contributed by atoms with Crippen molar-refractivity contribution in [3.63, 3.8) is 0 Å². The van der Waals surface area contributed by atoms with E-state index >= 15 is 0 Å². The van der Waals surface area contributed by atoms with Gasteiger partial charge in [-0.15, -0.1) is 22.7 Å². The standard InChI is InChI=1S/C20H15FN2O2S2/c1-25-15-7-6-12(10-13(15)21)11-22-19(24)17-8-9-18(26-17)20-23-14-4-2-3-5-16(14)27-20/h2-10H,11H2,1H3,(H,22,24). The SMILES string of the molecule is COc1ccc(CNC(=O)c2ccc(-c3nc4ccccc4s3)s2)cc1F. The van der Waals surface area contributed by atoms with Crippen molar-refractivity contribution >= 4 is 38.8 Å². The fraction of sp³-hybridized carbons (Fsp3) is 0.100. The van der Waals surface area contributed by atoms with Crippen molar-refractivity contribution in [1.82, 2.24) is 10.3 Å². The molecule has 2 heterocycles. The quantitative estimate of drug-likeness (QED) is 0.509. The Hall–Kier alpha value is -2.77. The fourth-order valence-corrected chi connectivity index (χ4v) is 4.58. The van der Waals surface area contributed by atoms with Gasteiger partial charge < -0.3 is 10.1 Å². The van der Waals surface area contributed by atoms with Crippen molar-refractivity contribution in [1.29, 1.82) is 0 Å². The summed E-state index contributed by atoms with van der Waals surface area (Å²) in [6.45, 7) is 0.244. The van der Waals surface area contributed by atoms with Crippen LogP contribution in [0.5, 0.6) is 5.75 Å². The highest BCUT2D eigenvalue weighted by Gasteiger charge is 2.13. The average molecular weight is 398 g/mol. The monoisotopic (exact) mass is 398 g/mol. The summed E-state index contributed by atoms with van der Waals surface area (Å²) in [6, 6.07) is 16.3. The van der Waals surface area contributed by atoms with E-state index in [1.807, 2.05) is 30.3 Å². The van der Waals surface area contributed by atoms with Crippen LogP contribution in [-0.4, -0.2) is 18.0 Å². The van der Waals surface area contributed by atoms with Gasteiger partial charge in [-0.3, -0.25) is 4.79 Å². The smallest absolute Gasteiger partial charge is 0.261 e. The molecule has 0 spiro atoms. The summed E-state index contributed by atoms with van der Waals surface area (Å²) >= 11 is 3.00. The van der Waals surface area contributed by atoms with Crippen molar-refractivity contribution in [3.8, 4) is 15.6 Å². The van der Waals surface area contributed by atoms with Crippen molar-refractivity contribution in [2.24, 2.45) is 0 Å². The number of amides is 1. The highest BCUT2D eigenvalue weighted by atomic mass is 32.1. The number of halogens is 1. The third kappa shape index (κ3) is 3.70. The van der Waals surface area contributed by atoms with Gasteiger partial charge in [0.25, 0.3) is 5.91 Å². The number of fused-ring (bicyclic) bond motifs is 1. The molecule has 0 fully saturated rings. The number of methoxy groups -OCH3 is 1. The second kappa shape index (κ2) is 7.46. The summed E-state index contributed by atoms with van der Waals surface area (Å²) in [5.41, 5.74) is 1.63. The maximum absolute atomic E-state index is 13.7. The molecule has 7 heteroatoms. The molecule has 136 valence electrons. The summed E-state index contributed by atoms with van der Waals surface area (Å²) in [6.07, 6.45) is 0. The number of hydrogen-bond donors (Lipinski definition) is 1. The number of thiazole rings is 1. The maximum atomic E-state index is 13.7. The van der Waals surface area contributed by atoms with Crippen molar-refractivity contribution in [2.75, 3.05) is 7.11 Å². The number of thiophene rings is 1. The number of ether oxygens (including phenoxy) is 1. The molecule has 2 aromatic carbocycles. The highest BCUT2D eigenvalue weighted by Crippen LogP contribution is 2.34. The molecule has 0 aliphatic rings.